The average Bonchev–Trinajstić information content (AvgIpc) is 2.83. The zero-order chi connectivity index (χ0) is 27.5. The first-order chi connectivity index (χ1) is 17.3. The van der Waals surface area contributed by atoms with Crippen molar-refractivity contribution in [2.45, 2.75) is 38.9 Å². The van der Waals surface area contributed by atoms with Crippen LogP contribution in [0.1, 0.15) is 27.7 Å². The summed E-state index contributed by atoms with van der Waals surface area (Å²) in [6, 6.07) is 5.61. The molecule has 0 unspecified atom stereocenters. The zero-order valence-corrected chi connectivity index (χ0v) is 21.2. The Morgan fingerprint density at radius 1 is 0.973 bits per heavy atom. The summed E-state index contributed by atoms with van der Waals surface area (Å²) >= 11 is 0. The predicted octanol–water partition coefficient (Wildman–Crippen LogP) is 4.97. The Morgan fingerprint density at radius 3 is 2.22 bits per heavy atom. The van der Waals surface area contributed by atoms with E-state index in [9.17, 15) is 19.5 Å². The van der Waals surface area contributed by atoms with E-state index in [1.54, 1.807) is 39.8 Å². The summed E-state index contributed by atoms with van der Waals surface area (Å²) in [6.45, 7) is 14.4. The highest BCUT2D eigenvalue weighted by Crippen LogP contribution is 2.40. The van der Waals surface area contributed by atoms with Crippen LogP contribution in [0, 0.1) is 0 Å². The molecule has 0 aliphatic carbocycles. The Kier molecular flexibility index (Phi) is 7.48. The second-order valence-electron chi connectivity index (χ2n) is 9.11. The molecule has 194 valence electrons. The van der Waals surface area contributed by atoms with Crippen molar-refractivity contribution in [2.75, 3.05) is 7.11 Å². The van der Waals surface area contributed by atoms with Gasteiger partial charge in [-0.3, -0.25) is 4.79 Å². The number of ether oxygens (including phenoxy) is 4. The topological polar surface area (TPSA) is 122 Å². The van der Waals surface area contributed by atoms with Gasteiger partial charge in [-0.15, -0.1) is 0 Å². The first-order valence-corrected chi connectivity index (χ1v) is 11.2. The molecule has 0 aliphatic heterocycles. The molecule has 0 aliphatic rings. The largest absolute Gasteiger partial charge is 0.507 e. The summed E-state index contributed by atoms with van der Waals surface area (Å²) in [4.78, 5) is 37.3. The van der Waals surface area contributed by atoms with E-state index in [-0.39, 0.29) is 44.9 Å². The number of benzene rings is 2. The van der Waals surface area contributed by atoms with Gasteiger partial charge < -0.3 is 28.5 Å². The van der Waals surface area contributed by atoms with Gasteiger partial charge >= 0.3 is 11.9 Å². The smallest absolute Gasteiger partial charge is 0.336 e. The molecule has 0 radical (unpaired) electrons. The molecule has 1 N–H and O–H groups in total. The molecule has 0 atom stereocenters. The van der Waals surface area contributed by atoms with Gasteiger partial charge in [-0.25, -0.2) is 9.59 Å². The fraction of sp³-hybridized carbons (Fsp3) is 0.250. The molecule has 0 spiro atoms. The van der Waals surface area contributed by atoms with Gasteiger partial charge in [0, 0.05) is 24.3 Å². The number of hydrogen-bond acceptors (Lipinski definition) is 9. The van der Waals surface area contributed by atoms with Crippen LogP contribution in [0.3, 0.4) is 0 Å². The minimum absolute atomic E-state index is 0.0186. The summed E-state index contributed by atoms with van der Waals surface area (Å²) in [5, 5.41) is 10.6. The molecule has 3 aromatic rings. The molecule has 0 amide bonds. The normalized spacial score (nSPS) is 11.9. The highest BCUT2D eigenvalue weighted by molar-refractivity contribution is 5.99. The van der Waals surface area contributed by atoms with Gasteiger partial charge in [-0.05, 0) is 52.0 Å². The number of hydrogen-bond donors (Lipinski definition) is 1. The average molecular weight is 509 g/mol. The molecule has 9 heteroatoms. The quantitative estimate of drug-likeness (QED) is 0.140. The highest BCUT2D eigenvalue weighted by Gasteiger charge is 2.25. The third-order valence-corrected chi connectivity index (χ3v) is 5.31. The van der Waals surface area contributed by atoms with E-state index in [1.807, 2.05) is 0 Å². The Balaban J connectivity index is 2.29. The molecule has 2 aromatic carbocycles. The van der Waals surface area contributed by atoms with E-state index < -0.39 is 28.6 Å². The molecule has 0 saturated carbocycles. The summed E-state index contributed by atoms with van der Waals surface area (Å²) in [5.41, 5.74) is -2.37. The molecule has 1 aromatic heterocycles. The van der Waals surface area contributed by atoms with Gasteiger partial charge in [0.25, 0.3) is 0 Å². The van der Waals surface area contributed by atoms with E-state index in [1.165, 1.54) is 24.3 Å². The van der Waals surface area contributed by atoms with Crippen LogP contribution < -0.4 is 19.6 Å². The third kappa shape index (κ3) is 6.00. The van der Waals surface area contributed by atoms with Crippen molar-refractivity contribution in [3.8, 4) is 23.0 Å². The maximum Gasteiger partial charge on any atom is 0.336 e. The third-order valence-electron chi connectivity index (χ3n) is 5.31. The van der Waals surface area contributed by atoms with Crippen LogP contribution >= 0.6 is 0 Å². The molecule has 0 saturated heterocycles. The first kappa shape index (κ1) is 27.1. The molecule has 0 fully saturated rings. The minimum atomic E-state index is -0.949. The number of aromatic hydroxyl groups is 1. The fourth-order valence-electron chi connectivity index (χ4n) is 3.20. The van der Waals surface area contributed by atoms with E-state index in [4.69, 9.17) is 18.6 Å². The number of methoxy groups -OCH3 is 1. The Morgan fingerprint density at radius 2 is 1.59 bits per heavy atom. The lowest BCUT2D eigenvalue weighted by Crippen LogP contribution is -2.25. The molecule has 1 heterocycles. The van der Waals surface area contributed by atoms with Crippen LogP contribution in [0.2, 0.25) is 0 Å². The van der Waals surface area contributed by atoms with Crippen molar-refractivity contribution in [3.63, 3.8) is 0 Å². The molecule has 3 rings (SSSR count). The van der Waals surface area contributed by atoms with E-state index >= 15 is 0 Å². The highest BCUT2D eigenvalue weighted by atomic mass is 16.6. The van der Waals surface area contributed by atoms with Gasteiger partial charge in [0.1, 0.15) is 33.7 Å². The lowest BCUT2D eigenvalue weighted by atomic mass is 10.1. The number of esters is 2. The van der Waals surface area contributed by atoms with Crippen LogP contribution in [0.5, 0.6) is 23.0 Å². The predicted molar refractivity (Wildman–Crippen MR) is 138 cm³/mol. The van der Waals surface area contributed by atoms with Gasteiger partial charge in [-0.1, -0.05) is 13.2 Å². The number of carbonyl (C=O) groups is 2. The van der Waals surface area contributed by atoms with Gasteiger partial charge in [-0.2, -0.15) is 0 Å². The monoisotopic (exact) mass is 508 g/mol. The molecule has 0 bridgehead atoms. The van der Waals surface area contributed by atoms with Crippen molar-refractivity contribution in [2.24, 2.45) is 0 Å². The van der Waals surface area contributed by atoms with Crippen LogP contribution in [-0.4, -0.2) is 35.4 Å². The zero-order valence-electron chi connectivity index (χ0n) is 21.2. The van der Waals surface area contributed by atoms with Crippen molar-refractivity contribution >= 4 is 33.9 Å². The number of fused-ring (bicyclic) bond motifs is 2. The summed E-state index contributed by atoms with van der Waals surface area (Å²) in [7, 11) is 1.16. The Hall–Kier alpha value is -4.53. The van der Waals surface area contributed by atoms with Crippen LogP contribution in [0.15, 0.2) is 70.9 Å². The summed E-state index contributed by atoms with van der Waals surface area (Å²) < 4.78 is 27.8. The minimum Gasteiger partial charge on any atom is -0.507 e. The molecule has 9 nitrogen and oxygen atoms in total. The van der Waals surface area contributed by atoms with E-state index in [0.717, 1.165) is 19.3 Å². The van der Waals surface area contributed by atoms with Crippen LogP contribution in [0.4, 0.5) is 0 Å². The van der Waals surface area contributed by atoms with Gasteiger partial charge in [0.05, 0.1) is 12.5 Å². The maximum atomic E-state index is 13.4. The van der Waals surface area contributed by atoms with Crippen molar-refractivity contribution in [1.82, 2.24) is 0 Å². The van der Waals surface area contributed by atoms with E-state index in [2.05, 4.69) is 17.9 Å². The van der Waals surface area contributed by atoms with Crippen LogP contribution in [0.25, 0.3) is 21.9 Å². The molecular weight excluding hydrogens is 480 g/mol. The van der Waals surface area contributed by atoms with Crippen molar-refractivity contribution in [3.05, 3.63) is 72.0 Å². The van der Waals surface area contributed by atoms with E-state index in [0.29, 0.717) is 0 Å². The number of carbonyl (C=O) groups excluding carboxylic acids is 2. The summed E-state index contributed by atoms with van der Waals surface area (Å²) in [6.07, 6.45) is 4.87. The SMILES string of the molecule is C=CC(C)(C)Oc1cc(O)c2c(=O)c3ccc(OC(C)(C)C=C)c(OC(=O)/C=C/C(=O)OC)c3oc2c1. The second kappa shape index (κ2) is 10.2. The standard InChI is InChI=1S/C28H28O9/c1-8-27(3,4)36-16-14-18(29)23-20(15-16)34-25-17(24(23)32)10-11-19(37-28(5,6)9-2)26(25)35-22(31)13-12-21(30)33-7/h8-15,29H,1-2H2,3-7H3/b13-12+. The maximum absolute atomic E-state index is 13.4. The number of phenolic OH excluding ortho intramolecular Hbond substituents is 1. The van der Waals surface area contributed by atoms with Crippen LogP contribution in [-0.2, 0) is 14.3 Å². The first-order valence-electron chi connectivity index (χ1n) is 11.2. The van der Waals surface area contributed by atoms with Crippen molar-refractivity contribution in [1.29, 1.82) is 0 Å². The fourth-order valence-corrected chi connectivity index (χ4v) is 3.20. The number of phenols is 1. The van der Waals surface area contributed by atoms with Crippen molar-refractivity contribution < 1.29 is 38.1 Å². The summed E-state index contributed by atoms with van der Waals surface area (Å²) in [5.74, 6) is -1.98. The number of rotatable bonds is 9. The van der Waals surface area contributed by atoms with Gasteiger partial charge in [0.15, 0.2) is 11.3 Å². The molecule has 37 heavy (non-hydrogen) atoms. The lowest BCUT2D eigenvalue weighted by Gasteiger charge is -2.24. The Labute approximate surface area is 213 Å². The molecular formula is C28H28O9. The second-order valence-corrected chi connectivity index (χ2v) is 9.11. The Bertz CT molecular complexity index is 1490. The lowest BCUT2D eigenvalue weighted by molar-refractivity contribution is -0.135. The van der Waals surface area contributed by atoms with Gasteiger partial charge in [0.2, 0.25) is 11.2 Å².